The summed E-state index contributed by atoms with van der Waals surface area (Å²) in [5.74, 6) is 0. The van der Waals surface area contributed by atoms with Crippen molar-refractivity contribution in [2.75, 3.05) is 5.32 Å². The van der Waals surface area contributed by atoms with Gasteiger partial charge >= 0.3 is 18.4 Å². The van der Waals surface area contributed by atoms with Gasteiger partial charge in [0.25, 0.3) is 0 Å². The number of aromatic nitrogens is 1. The highest BCUT2D eigenvalue weighted by atomic mass is 19.4. The van der Waals surface area contributed by atoms with Gasteiger partial charge in [-0.3, -0.25) is 0 Å². The highest BCUT2D eigenvalue weighted by molar-refractivity contribution is 5.90. The minimum absolute atomic E-state index is 0.0261. The first-order valence-corrected chi connectivity index (χ1v) is 8.42. The minimum Gasteiger partial charge on any atom is -0.353 e. The summed E-state index contributed by atoms with van der Waals surface area (Å²) in [6, 6.07) is 3.76. The molecule has 1 heterocycles. The van der Waals surface area contributed by atoms with Crippen molar-refractivity contribution < 1.29 is 31.1 Å². The number of aryl methyl sites for hydroxylation is 1. The van der Waals surface area contributed by atoms with Crippen LogP contribution >= 0.6 is 0 Å². The van der Waals surface area contributed by atoms with Crippen LogP contribution in [0.25, 0.3) is 0 Å². The van der Waals surface area contributed by atoms with Crippen molar-refractivity contribution in [3.05, 3.63) is 53.3 Å². The maximum absolute atomic E-state index is 13.0. The predicted octanol–water partition coefficient (Wildman–Crippen LogP) is 5.26. The number of amides is 2. The van der Waals surface area contributed by atoms with Crippen molar-refractivity contribution in [1.82, 2.24) is 9.47 Å². The Morgan fingerprint density at radius 2 is 1.68 bits per heavy atom. The van der Waals surface area contributed by atoms with Crippen molar-refractivity contribution in [1.29, 1.82) is 0 Å². The third kappa shape index (κ3) is 4.60. The first-order chi connectivity index (χ1) is 12.9. The fourth-order valence-corrected chi connectivity index (χ4v) is 2.81. The van der Waals surface area contributed by atoms with Crippen LogP contribution in [0.5, 0.6) is 0 Å². The van der Waals surface area contributed by atoms with E-state index in [0.29, 0.717) is 12.1 Å². The molecule has 1 aliphatic rings. The zero-order chi connectivity index (χ0) is 20.7. The molecule has 1 aromatic carbocycles. The van der Waals surface area contributed by atoms with Crippen LogP contribution < -0.4 is 5.32 Å². The van der Waals surface area contributed by atoms with E-state index in [4.69, 9.17) is 0 Å². The van der Waals surface area contributed by atoms with Gasteiger partial charge in [-0.05, 0) is 43.2 Å². The zero-order valence-electron chi connectivity index (χ0n) is 14.7. The summed E-state index contributed by atoms with van der Waals surface area (Å²) in [7, 11) is 1.78. The standard InChI is InChI=1S/C18H17F6N3O/c1-26-6-2-3-15(26)10-27(14-4-5-14)16(28)25-13-8-11(17(19,20)21)7-12(9-13)18(22,23)24/h2-3,6-9,14H,4-5,10H2,1H3,(H,25,28). The van der Waals surface area contributed by atoms with Gasteiger partial charge in [0.1, 0.15) is 0 Å². The number of carbonyl (C=O) groups is 1. The van der Waals surface area contributed by atoms with E-state index in [0.717, 1.165) is 18.5 Å². The molecule has 1 fully saturated rings. The van der Waals surface area contributed by atoms with E-state index in [1.165, 1.54) is 4.90 Å². The lowest BCUT2D eigenvalue weighted by atomic mass is 10.1. The zero-order valence-corrected chi connectivity index (χ0v) is 14.7. The third-order valence-corrected chi connectivity index (χ3v) is 4.47. The van der Waals surface area contributed by atoms with Gasteiger partial charge in [-0.15, -0.1) is 0 Å². The van der Waals surface area contributed by atoms with Gasteiger partial charge in [-0.1, -0.05) is 0 Å². The van der Waals surface area contributed by atoms with E-state index < -0.39 is 35.2 Å². The molecule has 2 amide bonds. The minimum atomic E-state index is -4.97. The lowest BCUT2D eigenvalue weighted by Gasteiger charge is -2.24. The molecule has 1 aliphatic carbocycles. The molecule has 1 saturated carbocycles. The van der Waals surface area contributed by atoms with Crippen LogP contribution in [0.4, 0.5) is 36.8 Å². The Hall–Kier alpha value is -2.65. The number of urea groups is 1. The Morgan fingerprint density at radius 3 is 2.11 bits per heavy atom. The summed E-state index contributed by atoms with van der Waals surface area (Å²) in [6.45, 7) is 0.199. The summed E-state index contributed by atoms with van der Waals surface area (Å²) in [4.78, 5) is 14.0. The fourth-order valence-electron chi connectivity index (χ4n) is 2.81. The van der Waals surface area contributed by atoms with Crippen LogP contribution in [0.1, 0.15) is 29.7 Å². The molecular formula is C18H17F6N3O. The fraction of sp³-hybridized carbons (Fsp3) is 0.389. The number of carbonyl (C=O) groups excluding carboxylic acids is 1. The molecular weight excluding hydrogens is 388 g/mol. The van der Waals surface area contributed by atoms with E-state index in [-0.39, 0.29) is 18.7 Å². The largest absolute Gasteiger partial charge is 0.416 e. The number of alkyl halides is 6. The molecule has 10 heteroatoms. The number of nitrogens with zero attached hydrogens (tertiary/aromatic N) is 2. The Kier molecular flexibility index (Phi) is 5.07. The van der Waals surface area contributed by atoms with Gasteiger partial charge in [-0.2, -0.15) is 26.3 Å². The first kappa shape index (κ1) is 20.1. The molecule has 1 N–H and O–H groups in total. The van der Waals surface area contributed by atoms with E-state index in [1.807, 2.05) is 0 Å². The Bertz CT molecular complexity index is 835. The third-order valence-electron chi connectivity index (χ3n) is 4.47. The summed E-state index contributed by atoms with van der Waals surface area (Å²) in [6.07, 6.45) is -6.71. The van der Waals surface area contributed by atoms with Crippen LogP contribution in [0, 0.1) is 0 Å². The Labute approximate surface area is 156 Å². The number of nitrogens with one attached hydrogen (secondary N) is 1. The summed E-state index contributed by atoms with van der Waals surface area (Å²) in [5.41, 5.74) is -2.71. The van der Waals surface area contributed by atoms with Crippen LogP contribution in [-0.4, -0.2) is 21.5 Å². The Morgan fingerprint density at radius 1 is 1.11 bits per heavy atom. The van der Waals surface area contributed by atoms with Gasteiger partial charge in [0.2, 0.25) is 0 Å². The second-order valence-electron chi connectivity index (χ2n) is 6.69. The summed E-state index contributed by atoms with van der Waals surface area (Å²) >= 11 is 0. The topological polar surface area (TPSA) is 37.3 Å². The van der Waals surface area contributed by atoms with Crippen molar-refractivity contribution in [2.45, 2.75) is 37.8 Å². The van der Waals surface area contributed by atoms with Crippen LogP contribution in [0.3, 0.4) is 0 Å². The van der Waals surface area contributed by atoms with Gasteiger partial charge in [0, 0.05) is 30.7 Å². The van der Waals surface area contributed by atoms with Gasteiger partial charge in [0.15, 0.2) is 0 Å². The SMILES string of the molecule is Cn1cccc1CN(C(=O)Nc1cc(C(F)(F)F)cc(C(F)(F)F)c1)C1CC1. The maximum atomic E-state index is 13.0. The molecule has 0 aliphatic heterocycles. The normalized spacial score (nSPS) is 14.8. The predicted molar refractivity (Wildman–Crippen MR) is 89.4 cm³/mol. The molecule has 0 atom stereocenters. The monoisotopic (exact) mass is 405 g/mol. The smallest absolute Gasteiger partial charge is 0.353 e. The molecule has 0 spiro atoms. The van der Waals surface area contributed by atoms with Crippen LogP contribution in [0.15, 0.2) is 36.5 Å². The average Bonchev–Trinajstić information content (AvgIpc) is 3.33. The first-order valence-electron chi connectivity index (χ1n) is 8.42. The van der Waals surface area contributed by atoms with Crippen LogP contribution in [-0.2, 0) is 25.9 Å². The van der Waals surface area contributed by atoms with Crippen molar-refractivity contribution in [3.8, 4) is 0 Å². The molecule has 4 nitrogen and oxygen atoms in total. The highest BCUT2D eigenvalue weighted by Crippen LogP contribution is 2.38. The molecule has 0 unspecified atom stereocenters. The second kappa shape index (κ2) is 7.06. The number of hydrogen-bond donors (Lipinski definition) is 1. The second-order valence-corrected chi connectivity index (χ2v) is 6.69. The average molecular weight is 405 g/mol. The molecule has 3 rings (SSSR count). The van der Waals surface area contributed by atoms with Crippen molar-refractivity contribution >= 4 is 11.7 Å². The number of hydrogen-bond acceptors (Lipinski definition) is 1. The van der Waals surface area contributed by atoms with E-state index in [1.54, 1.807) is 29.9 Å². The van der Waals surface area contributed by atoms with Crippen LogP contribution in [0.2, 0.25) is 0 Å². The number of halogens is 6. The number of rotatable bonds is 4. The van der Waals surface area contributed by atoms with E-state index in [2.05, 4.69) is 5.32 Å². The molecule has 1 aromatic heterocycles. The number of anilines is 1. The van der Waals surface area contributed by atoms with Crippen molar-refractivity contribution in [2.24, 2.45) is 7.05 Å². The summed E-state index contributed by atoms with van der Waals surface area (Å²) in [5, 5.41) is 2.20. The van der Waals surface area contributed by atoms with E-state index in [9.17, 15) is 31.1 Å². The molecule has 0 bridgehead atoms. The molecule has 0 saturated heterocycles. The quantitative estimate of drug-likeness (QED) is 0.693. The number of benzene rings is 1. The maximum Gasteiger partial charge on any atom is 0.416 e. The molecule has 2 aromatic rings. The molecule has 0 radical (unpaired) electrons. The molecule has 152 valence electrons. The van der Waals surface area contributed by atoms with Gasteiger partial charge in [0.05, 0.1) is 17.7 Å². The Balaban J connectivity index is 1.86. The lowest BCUT2D eigenvalue weighted by Crippen LogP contribution is -2.36. The van der Waals surface area contributed by atoms with Crippen molar-refractivity contribution in [3.63, 3.8) is 0 Å². The molecule has 28 heavy (non-hydrogen) atoms. The highest BCUT2D eigenvalue weighted by Gasteiger charge is 2.38. The lowest BCUT2D eigenvalue weighted by molar-refractivity contribution is -0.143. The van der Waals surface area contributed by atoms with Gasteiger partial charge < -0.3 is 14.8 Å². The summed E-state index contributed by atoms with van der Waals surface area (Å²) < 4.78 is 79.6. The van der Waals surface area contributed by atoms with E-state index >= 15 is 0 Å². The van der Waals surface area contributed by atoms with Gasteiger partial charge in [-0.25, -0.2) is 4.79 Å².